The highest BCUT2D eigenvalue weighted by Crippen LogP contribution is 2.23. The number of anilines is 1. The molecular formula is C43H51F2N5O9S. The zero-order chi connectivity index (χ0) is 44.1. The van der Waals surface area contributed by atoms with Gasteiger partial charge in [0.1, 0.15) is 36.1 Å². The molecule has 14 nitrogen and oxygen atoms in total. The van der Waals surface area contributed by atoms with Crippen molar-refractivity contribution in [3.8, 4) is 5.75 Å². The fourth-order valence-electron chi connectivity index (χ4n) is 6.02. The van der Waals surface area contributed by atoms with Crippen LogP contribution in [0.2, 0.25) is 0 Å². The van der Waals surface area contributed by atoms with Gasteiger partial charge < -0.3 is 35.8 Å². The van der Waals surface area contributed by atoms with Gasteiger partial charge >= 0.3 is 0 Å². The standard InChI is InChI=1S/C43H51F2N5O9S/c1-26(2)39(43(55)46-24-28-13-9-7-10-14-28)49-42(54)38(58-5)23-37(51)36(25-59-35-21-32(44)20-33(45)22-35)48-41(53)31-17-30(18-34(19-31)50(4)60(6,56)57)40(52)47-27(3)29-15-11-8-12-16-29/h7-22,26-27,36-39,51H,23-25H2,1-6H3,(H,46,55)(H,47,52)(H,48,53)(H,49,54)/t27-,36+,37+,38-,39?/m1/s1. The molecule has 0 saturated heterocycles. The minimum atomic E-state index is -3.88. The summed E-state index contributed by atoms with van der Waals surface area (Å²) in [5.74, 6) is -5.27. The van der Waals surface area contributed by atoms with Crippen LogP contribution in [0, 0.1) is 17.6 Å². The monoisotopic (exact) mass is 851 g/mol. The Morgan fingerprint density at radius 1 is 0.783 bits per heavy atom. The first kappa shape index (κ1) is 46.8. The first-order valence-corrected chi connectivity index (χ1v) is 20.9. The molecule has 0 fully saturated rings. The SMILES string of the molecule is CO[C@H](C[C@H](O)[C@H](COc1cc(F)cc(F)c1)NC(=O)c1cc(C(=O)N[C@H](C)c2ccccc2)cc(N(C)S(C)(=O)=O)c1)C(=O)NC(C(=O)NCc1ccccc1)C(C)C. The molecule has 5 atom stereocenters. The third-order valence-electron chi connectivity index (χ3n) is 9.59. The van der Waals surface area contributed by atoms with Crippen LogP contribution >= 0.6 is 0 Å². The lowest BCUT2D eigenvalue weighted by Gasteiger charge is -2.28. The van der Waals surface area contributed by atoms with E-state index in [-0.39, 0.29) is 35.0 Å². The summed E-state index contributed by atoms with van der Waals surface area (Å²) in [5, 5.41) is 22.5. The topological polar surface area (TPSA) is 192 Å². The number of rotatable bonds is 20. The zero-order valence-electron chi connectivity index (χ0n) is 34.1. The molecule has 1 unspecified atom stereocenters. The number of carbonyl (C=O) groups excluding carboxylic acids is 4. The maximum atomic E-state index is 14.1. The molecule has 4 rings (SSSR count). The van der Waals surface area contributed by atoms with E-state index in [1.54, 1.807) is 32.9 Å². The summed E-state index contributed by atoms with van der Waals surface area (Å²) in [6.45, 7) is 4.86. The van der Waals surface area contributed by atoms with E-state index in [9.17, 15) is 41.5 Å². The molecule has 0 radical (unpaired) electrons. The lowest BCUT2D eigenvalue weighted by molar-refractivity contribution is -0.137. The van der Waals surface area contributed by atoms with Gasteiger partial charge in [0.05, 0.1) is 30.1 Å². The maximum Gasteiger partial charge on any atom is 0.251 e. The molecule has 0 bridgehead atoms. The molecule has 0 aliphatic heterocycles. The van der Waals surface area contributed by atoms with E-state index in [4.69, 9.17) is 9.47 Å². The van der Waals surface area contributed by atoms with Crippen LogP contribution in [0.4, 0.5) is 14.5 Å². The molecule has 60 heavy (non-hydrogen) atoms. The van der Waals surface area contributed by atoms with Crippen molar-refractivity contribution in [2.24, 2.45) is 5.92 Å². The number of ether oxygens (including phenoxy) is 2. The highest BCUT2D eigenvalue weighted by atomic mass is 32.2. The third kappa shape index (κ3) is 13.6. The third-order valence-corrected chi connectivity index (χ3v) is 10.8. The molecule has 322 valence electrons. The van der Waals surface area contributed by atoms with Crippen LogP contribution in [-0.2, 0) is 30.9 Å². The minimum Gasteiger partial charge on any atom is -0.491 e. The molecule has 17 heteroatoms. The Balaban J connectivity index is 1.60. The number of hydrogen-bond acceptors (Lipinski definition) is 9. The van der Waals surface area contributed by atoms with Crippen LogP contribution in [0.5, 0.6) is 5.75 Å². The van der Waals surface area contributed by atoms with Crippen molar-refractivity contribution in [2.45, 2.75) is 64.1 Å². The van der Waals surface area contributed by atoms with Crippen LogP contribution < -0.4 is 30.3 Å². The molecule has 0 aliphatic carbocycles. The number of methoxy groups -OCH3 is 1. The van der Waals surface area contributed by atoms with Gasteiger partial charge in [-0.15, -0.1) is 0 Å². The summed E-state index contributed by atoms with van der Waals surface area (Å²) in [4.78, 5) is 54.3. The number of carbonyl (C=O) groups is 4. The number of halogens is 2. The van der Waals surface area contributed by atoms with E-state index in [2.05, 4.69) is 21.3 Å². The van der Waals surface area contributed by atoms with Gasteiger partial charge in [-0.3, -0.25) is 23.5 Å². The molecule has 4 amide bonds. The Hall–Kier alpha value is -5.91. The predicted molar refractivity (Wildman–Crippen MR) is 222 cm³/mol. The number of hydrogen-bond donors (Lipinski definition) is 5. The van der Waals surface area contributed by atoms with Crippen LogP contribution in [0.3, 0.4) is 0 Å². The van der Waals surface area contributed by atoms with Gasteiger partial charge in [-0.2, -0.15) is 0 Å². The average Bonchev–Trinajstić information content (AvgIpc) is 3.21. The Morgan fingerprint density at radius 2 is 1.35 bits per heavy atom. The van der Waals surface area contributed by atoms with Crippen LogP contribution in [0.25, 0.3) is 0 Å². The number of aliphatic hydroxyl groups is 1. The number of sulfonamides is 1. The van der Waals surface area contributed by atoms with Crippen molar-refractivity contribution in [3.05, 3.63) is 131 Å². The van der Waals surface area contributed by atoms with Crippen molar-refractivity contribution in [1.29, 1.82) is 0 Å². The van der Waals surface area contributed by atoms with Crippen LogP contribution in [0.1, 0.15) is 65.1 Å². The fourth-order valence-corrected chi connectivity index (χ4v) is 6.51. The Labute approximate surface area is 348 Å². The molecule has 0 aliphatic rings. The second kappa shape index (κ2) is 21.4. The van der Waals surface area contributed by atoms with E-state index in [0.717, 1.165) is 33.8 Å². The number of nitrogens with zero attached hydrogens (tertiary/aromatic N) is 1. The Bertz CT molecular complexity index is 2190. The smallest absolute Gasteiger partial charge is 0.251 e. The van der Waals surface area contributed by atoms with Gasteiger partial charge in [-0.1, -0.05) is 74.5 Å². The van der Waals surface area contributed by atoms with Gasteiger partial charge in [0.25, 0.3) is 11.8 Å². The van der Waals surface area contributed by atoms with Crippen molar-refractivity contribution in [1.82, 2.24) is 21.3 Å². The van der Waals surface area contributed by atoms with Crippen molar-refractivity contribution < 1.29 is 51.0 Å². The van der Waals surface area contributed by atoms with Gasteiger partial charge in [-0.25, -0.2) is 17.2 Å². The van der Waals surface area contributed by atoms with Gasteiger partial charge in [0.15, 0.2) is 0 Å². The minimum absolute atomic E-state index is 0.0325. The van der Waals surface area contributed by atoms with Crippen molar-refractivity contribution in [3.63, 3.8) is 0 Å². The average molecular weight is 852 g/mol. The van der Waals surface area contributed by atoms with E-state index in [1.165, 1.54) is 32.4 Å². The summed E-state index contributed by atoms with van der Waals surface area (Å²) in [6, 6.07) is 21.5. The van der Waals surface area contributed by atoms with Crippen LogP contribution in [0.15, 0.2) is 97.1 Å². The normalized spacial score (nSPS) is 13.9. The number of amides is 4. The first-order chi connectivity index (χ1) is 28.4. The quantitative estimate of drug-likeness (QED) is 0.0865. The predicted octanol–water partition coefficient (Wildman–Crippen LogP) is 4.25. The van der Waals surface area contributed by atoms with Crippen molar-refractivity contribution in [2.75, 3.05) is 31.3 Å². The largest absolute Gasteiger partial charge is 0.491 e. The molecule has 4 aromatic rings. The Kier molecular flexibility index (Phi) is 16.7. The second-order valence-corrected chi connectivity index (χ2v) is 16.6. The van der Waals surface area contributed by atoms with Gasteiger partial charge in [-0.05, 0) is 42.2 Å². The summed E-state index contributed by atoms with van der Waals surface area (Å²) < 4.78 is 65.2. The first-order valence-electron chi connectivity index (χ1n) is 19.0. The van der Waals surface area contributed by atoms with E-state index < -0.39 is 88.6 Å². The molecule has 5 N–H and O–H groups in total. The van der Waals surface area contributed by atoms with Crippen molar-refractivity contribution >= 4 is 39.3 Å². The number of nitrogens with one attached hydrogen (secondary N) is 4. The molecular weight excluding hydrogens is 801 g/mol. The van der Waals surface area contributed by atoms with Crippen LogP contribution in [-0.4, -0.2) is 88.5 Å². The van der Waals surface area contributed by atoms with Gasteiger partial charge in [0, 0.05) is 56.4 Å². The molecule has 0 saturated carbocycles. The highest BCUT2D eigenvalue weighted by Gasteiger charge is 2.33. The summed E-state index contributed by atoms with van der Waals surface area (Å²) in [6.07, 6.45) is -2.53. The number of benzene rings is 4. The molecule has 0 heterocycles. The zero-order valence-corrected chi connectivity index (χ0v) is 35.0. The lowest BCUT2D eigenvalue weighted by Crippen LogP contribution is -2.54. The Morgan fingerprint density at radius 3 is 1.90 bits per heavy atom. The summed E-state index contributed by atoms with van der Waals surface area (Å²) in [7, 11) is -1.42. The van der Waals surface area contributed by atoms with E-state index >= 15 is 0 Å². The second-order valence-electron chi connectivity index (χ2n) is 14.6. The van der Waals surface area contributed by atoms with E-state index in [0.29, 0.717) is 6.07 Å². The summed E-state index contributed by atoms with van der Waals surface area (Å²) >= 11 is 0. The highest BCUT2D eigenvalue weighted by molar-refractivity contribution is 7.92. The molecule has 0 aromatic heterocycles. The summed E-state index contributed by atoms with van der Waals surface area (Å²) in [5.41, 5.74) is 1.34. The van der Waals surface area contributed by atoms with E-state index in [1.807, 2.05) is 48.5 Å². The number of aliphatic hydroxyl groups excluding tert-OH is 1. The maximum absolute atomic E-state index is 14.1. The lowest BCUT2D eigenvalue weighted by atomic mass is 10.0. The van der Waals surface area contributed by atoms with Gasteiger partial charge in [0.2, 0.25) is 21.8 Å². The fraction of sp³-hybridized carbons (Fsp3) is 0.349. The molecule has 0 spiro atoms. The molecule has 4 aromatic carbocycles.